The molecule has 6 rings (SSSR count). The number of aromatic amines is 1. The van der Waals surface area contributed by atoms with Crippen LogP contribution in [0.5, 0.6) is 11.5 Å². The summed E-state index contributed by atoms with van der Waals surface area (Å²) in [6.07, 6.45) is 1.87. The fraction of sp³-hybridized carbons (Fsp3) is 0.240. The highest BCUT2D eigenvalue weighted by Gasteiger charge is 2.38. The third-order valence-corrected chi connectivity index (χ3v) is 7.43. The first kappa shape index (κ1) is 22.4. The molecule has 0 amide bonds. The number of ether oxygens (including phenoxy) is 2. The van der Waals surface area contributed by atoms with Crippen LogP contribution in [0.4, 0.5) is 11.5 Å². The highest BCUT2D eigenvalue weighted by Crippen LogP contribution is 2.45. The number of H-pyrrole nitrogens is 1. The quantitative estimate of drug-likeness (QED) is 0.226. The molecule has 0 spiro atoms. The van der Waals surface area contributed by atoms with E-state index in [4.69, 9.17) is 9.47 Å². The number of carbonyl (C=O) groups excluding carboxylic acids is 1. The maximum Gasteiger partial charge on any atom is 0.269 e. The van der Waals surface area contributed by atoms with Gasteiger partial charge in [-0.2, -0.15) is 0 Å². The van der Waals surface area contributed by atoms with E-state index in [1.807, 2.05) is 12.1 Å². The van der Waals surface area contributed by atoms with Gasteiger partial charge in [-0.15, -0.1) is 0 Å². The number of hydrogen-bond donors (Lipinski definition) is 2. The van der Waals surface area contributed by atoms with Gasteiger partial charge in [0.15, 0.2) is 22.4 Å². The predicted octanol–water partition coefficient (Wildman–Crippen LogP) is 4.26. The van der Waals surface area contributed by atoms with Crippen LogP contribution in [0.1, 0.15) is 41.9 Å². The Bertz CT molecular complexity index is 1500. The van der Waals surface area contributed by atoms with Crippen molar-refractivity contribution in [3.63, 3.8) is 0 Å². The Hall–Kier alpha value is -4.12. The number of carbonyl (C=O) groups is 1. The number of nitrogens with one attached hydrogen (secondary N) is 2. The van der Waals surface area contributed by atoms with Crippen molar-refractivity contribution in [3.05, 3.63) is 90.9 Å². The molecule has 2 aliphatic heterocycles. The van der Waals surface area contributed by atoms with Gasteiger partial charge in [-0.3, -0.25) is 19.7 Å². The highest BCUT2D eigenvalue weighted by molar-refractivity contribution is 7.98. The smallest absolute Gasteiger partial charge is 0.269 e. The molecule has 2 aromatic carbocycles. The Morgan fingerprint density at radius 1 is 1.08 bits per heavy atom. The first-order valence-corrected chi connectivity index (χ1v) is 12.4. The van der Waals surface area contributed by atoms with Gasteiger partial charge in [0, 0.05) is 41.5 Å². The minimum absolute atomic E-state index is 0.0214. The lowest BCUT2D eigenvalue weighted by Crippen LogP contribution is -2.32. The molecular weight excluding hydrogens is 484 g/mol. The Morgan fingerprint density at radius 3 is 2.69 bits per heavy atom. The number of fused-ring (bicyclic) bond motifs is 2. The van der Waals surface area contributed by atoms with Crippen LogP contribution in [-0.2, 0) is 10.5 Å². The van der Waals surface area contributed by atoms with E-state index < -0.39 is 10.8 Å². The maximum absolute atomic E-state index is 13.4. The number of rotatable bonds is 5. The van der Waals surface area contributed by atoms with Gasteiger partial charge in [-0.05, 0) is 36.1 Å². The summed E-state index contributed by atoms with van der Waals surface area (Å²) in [6.45, 7) is 0.131. The summed E-state index contributed by atoms with van der Waals surface area (Å²) in [6, 6.07) is 11.7. The van der Waals surface area contributed by atoms with Crippen molar-refractivity contribution in [2.24, 2.45) is 0 Å². The lowest BCUT2D eigenvalue weighted by atomic mass is 9.76. The van der Waals surface area contributed by atoms with Crippen molar-refractivity contribution in [1.82, 2.24) is 9.97 Å². The number of non-ortho nitro benzene ring substituents is 1. The van der Waals surface area contributed by atoms with Gasteiger partial charge in [0.25, 0.3) is 11.2 Å². The fourth-order valence-electron chi connectivity index (χ4n) is 4.80. The van der Waals surface area contributed by atoms with Gasteiger partial charge in [-0.1, -0.05) is 30.0 Å². The van der Waals surface area contributed by atoms with E-state index in [-0.39, 0.29) is 23.8 Å². The number of hydrogen-bond acceptors (Lipinski definition) is 9. The van der Waals surface area contributed by atoms with Crippen LogP contribution in [-0.4, -0.2) is 27.5 Å². The van der Waals surface area contributed by atoms with E-state index in [2.05, 4.69) is 15.3 Å². The van der Waals surface area contributed by atoms with Crippen LogP contribution in [0, 0.1) is 10.1 Å². The monoisotopic (exact) mass is 504 g/mol. The topological polar surface area (TPSA) is 136 Å². The lowest BCUT2D eigenvalue weighted by molar-refractivity contribution is -0.384. The largest absolute Gasteiger partial charge is 0.454 e. The minimum atomic E-state index is -0.566. The van der Waals surface area contributed by atoms with E-state index in [1.54, 1.807) is 18.2 Å². The van der Waals surface area contributed by atoms with E-state index >= 15 is 0 Å². The highest BCUT2D eigenvalue weighted by atomic mass is 32.2. The van der Waals surface area contributed by atoms with Crippen LogP contribution in [0.2, 0.25) is 0 Å². The molecule has 3 aliphatic rings. The number of allylic oxidation sites excluding steroid dienone is 2. The van der Waals surface area contributed by atoms with Crippen molar-refractivity contribution in [2.45, 2.75) is 36.1 Å². The Morgan fingerprint density at radius 2 is 1.89 bits per heavy atom. The second-order valence-corrected chi connectivity index (χ2v) is 9.65. The molecule has 36 heavy (non-hydrogen) atoms. The molecule has 0 fully saturated rings. The third-order valence-electron chi connectivity index (χ3n) is 6.49. The van der Waals surface area contributed by atoms with E-state index in [0.717, 1.165) is 23.2 Å². The average Bonchev–Trinajstić information content (AvgIpc) is 3.35. The first-order chi connectivity index (χ1) is 17.5. The third kappa shape index (κ3) is 3.91. The minimum Gasteiger partial charge on any atom is -0.454 e. The van der Waals surface area contributed by atoms with Crippen molar-refractivity contribution in [3.8, 4) is 11.5 Å². The zero-order chi connectivity index (χ0) is 24.8. The number of Topliss-reactive ketones (excluding diaryl/α,β-unsaturated/α-hetero) is 1. The summed E-state index contributed by atoms with van der Waals surface area (Å²) < 4.78 is 11.0. The summed E-state index contributed by atoms with van der Waals surface area (Å²) in [5.41, 5.74) is 3.11. The van der Waals surface area contributed by atoms with E-state index in [0.29, 0.717) is 52.2 Å². The molecule has 3 heterocycles. The summed E-state index contributed by atoms with van der Waals surface area (Å²) in [7, 11) is 0. The number of aromatic nitrogens is 2. The van der Waals surface area contributed by atoms with Gasteiger partial charge in [0.05, 0.1) is 10.5 Å². The summed E-state index contributed by atoms with van der Waals surface area (Å²) in [5.74, 6) is 1.56. The molecule has 3 aromatic rings. The second-order valence-electron chi connectivity index (χ2n) is 8.69. The number of nitrogens with zero attached hydrogens (tertiary/aromatic N) is 2. The summed E-state index contributed by atoms with van der Waals surface area (Å²) in [4.78, 5) is 44.4. The first-order valence-electron chi connectivity index (χ1n) is 11.4. The average molecular weight is 505 g/mol. The van der Waals surface area contributed by atoms with Gasteiger partial charge in [-0.25, -0.2) is 4.98 Å². The lowest BCUT2D eigenvalue weighted by Gasteiger charge is -2.32. The number of nitro groups is 1. The molecule has 1 aliphatic carbocycles. The molecule has 0 radical (unpaired) electrons. The number of anilines is 1. The van der Waals surface area contributed by atoms with Crippen molar-refractivity contribution in [1.29, 1.82) is 0 Å². The second kappa shape index (κ2) is 8.83. The SMILES string of the molecule is O=C1CCCC2=C1C(c1ccc3c(c1)OCO3)c1c(nc(SCc3ccc([N+](=O)[O-])cc3)[nH]c1=O)N2. The van der Waals surface area contributed by atoms with Gasteiger partial charge in [0.2, 0.25) is 6.79 Å². The molecule has 1 atom stereocenters. The van der Waals surface area contributed by atoms with Crippen molar-refractivity contribution >= 4 is 29.1 Å². The zero-order valence-corrected chi connectivity index (χ0v) is 19.7. The van der Waals surface area contributed by atoms with Gasteiger partial charge >= 0.3 is 0 Å². The van der Waals surface area contributed by atoms with E-state index in [9.17, 15) is 19.7 Å². The van der Waals surface area contributed by atoms with Crippen LogP contribution >= 0.6 is 11.8 Å². The number of benzene rings is 2. The number of thioether (sulfide) groups is 1. The fourth-order valence-corrected chi connectivity index (χ4v) is 5.62. The number of nitro benzene ring substituents is 1. The maximum atomic E-state index is 13.4. The molecule has 2 N–H and O–H groups in total. The zero-order valence-electron chi connectivity index (χ0n) is 18.9. The molecular formula is C25H20N4O6S. The van der Waals surface area contributed by atoms with Gasteiger partial charge in [0.1, 0.15) is 5.82 Å². The van der Waals surface area contributed by atoms with Crippen molar-refractivity contribution < 1.29 is 19.2 Å². The van der Waals surface area contributed by atoms with Gasteiger partial charge < -0.3 is 19.8 Å². The Balaban J connectivity index is 1.36. The van der Waals surface area contributed by atoms with Crippen LogP contribution in [0.15, 0.2) is 63.7 Å². The predicted molar refractivity (Wildman–Crippen MR) is 131 cm³/mol. The summed E-state index contributed by atoms with van der Waals surface area (Å²) in [5, 5.41) is 14.6. The molecule has 0 saturated carbocycles. The molecule has 1 unspecified atom stereocenters. The molecule has 11 heteroatoms. The molecule has 0 bridgehead atoms. The van der Waals surface area contributed by atoms with Crippen LogP contribution < -0.4 is 20.3 Å². The Labute approximate surface area is 208 Å². The van der Waals surface area contributed by atoms with E-state index in [1.165, 1.54) is 23.9 Å². The molecule has 182 valence electrons. The van der Waals surface area contributed by atoms with Crippen LogP contribution in [0.25, 0.3) is 0 Å². The standard InChI is InChI=1S/C25H20N4O6S/c30-17-3-1-2-16-21(17)20(14-6-9-18-19(10-14)35-12-34-18)22-23(26-16)27-25(28-24(22)31)36-11-13-4-7-15(8-5-13)29(32)33/h4-10,20H,1-3,11-12H2,(H2,26,27,28,31). The molecule has 10 nitrogen and oxygen atoms in total. The normalized spacial score (nSPS) is 17.9. The molecule has 1 aromatic heterocycles. The molecule has 0 saturated heterocycles. The van der Waals surface area contributed by atoms with Crippen LogP contribution in [0.3, 0.4) is 0 Å². The summed E-state index contributed by atoms with van der Waals surface area (Å²) >= 11 is 1.32. The number of ketones is 1. The Kier molecular flexibility index (Phi) is 5.48. The van der Waals surface area contributed by atoms with Crippen molar-refractivity contribution in [2.75, 3.05) is 12.1 Å².